The smallest absolute Gasteiger partial charge is 0.343 e. The third kappa shape index (κ3) is 4.20. The molecule has 0 fully saturated rings. The van der Waals surface area contributed by atoms with Gasteiger partial charge in [0.25, 0.3) is 5.69 Å². The first-order valence-electron chi connectivity index (χ1n) is 6.18. The number of esters is 1. The molecule has 2 rings (SSSR count). The number of carbonyl (C=O) groups is 1. The number of carbonyl (C=O) groups excluding carboxylic acids is 1. The second-order valence-electron chi connectivity index (χ2n) is 3.51. The van der Waals surface area contributed by atoms with Crippen LogP contribution in [0.3, 0.4) is 0 Å². The van der Waals surface area contributed by atoms with E-state index in [-0.39, 0.29) is 11.4 Å². The van der Waals surface area contributed by atoms with Crippen LogP contribution >= 0.6 is 0 Å². The molecule has 2 aromatic rings. The van der Waals surface area contributed by atoms with E-state index in [9.17, 15) is 14.9 Å². The van der Waals surface area contributed by atoms with E-state index in [1.807, 2.05) is 13.8 Å². The molecule has 0 amide bonds. The van der Waals surface area contributed by atoms with Gasteiger partial charge in [-0.1, -0.05) is 32.0 Å². The predicted molar refractivity (Wildman–Crippen MR) is 75.8 cm³/mol. The number of non-ortho nitro benzene ring substituents is 1. The van der Waals surface area contributed by atoms with Gasteiger partial charge in [0.1, 0.15) is 5.75 Å². The maximum Gasteiger partial charge on any atom is 0.343 e. The monoisotopic (exact) mass is 273 g/mol. The molecule has 0 aliphatic rings. The number of rotatable bonds is 3. The van der Waals surface area contributed by atoms with E-state index in [0.29, 0.717) is 5.56 Å². The van der Waals surface area contributed by atoms with Crippen molar-refractivity contribution in [3.63, 3.8) is 0 Å². The molecule has 0 heterocycles. The Kier molecular flexibility index (Phi) is 5.90. The highest BCUT2D eigenvalue weighted by Gasteiger charge is 2.09. The minimum Gasteiger partial charge on any atom is -0.423 e. The Balaban J connectivity index is 0.000000956. The molecule has 0 atom stereocenters. The van der Waals surface area contributed by atoms with Crippen LogP contribution in [0.1, 0.15) is 24.2 Å². The van der Waals surface area contributed by atoms with Crippen molar-refractivity contribution in [2.45, 2.75) is 13.8 Å². The lowest BCUT2D eigenvalue weighted by Gasteiger charge is -2.03. The fourth-order valence-corrected chi connectivity index (χ4v) is 1.38. The van der Waals surface area contributed by atoms with E-state index < -0.39 is 10.9 Å². The molecule has 0 spiro atoms. The van der Waals surface area contributed by atoms with Crippen LogP contribution in [0.15, 0.2) is 54.6 Å². The second kappa shape index (κ2) is 7.68. The van der Waals surface area contributed by atoms with Crippen LogP contribution < -0.4 is 4.74 Å². The van der Waals surface area contributed by atoms with Crippen LogP contribution in [0.2, 0.25) is 0 Å². The fraction of sp³-hybridized carbons (Fsp3) is 0.133. The first-order valence-corrected chi connectivity index (χ1v) is 6.18. The minimum absolute atomic E-state index is 0.0467. The first kappa shape index (κ1) is 15.4. The van der Waals surface area contributed by atoms with Crippen molar-refractivity contribution in [1.29, 1.82) is 0 Å². The van der Waals surface area contributed by atoms with Gasteiger partial charge in [0, 0.05) is 12.1 Å². The Hall–Kier alpha value is -2.69. The summed E-state index contributed by atoms with van der Waals surface area (Å²) in [7, 11) is 0. The van der Waals surface area contributed by atoms with Crippen LogP contribution in [0.25, 0.3) is 0 Å². The van der Waals surface area contributed by atoms with Crippen LogP contribution in [0, 0.1) is 10.1 Å². The summed E-state index contributed by atoms with van der Waals surface area (Å²) in [6, 6.07) is 13.9. The maximum atomic E-state index is 11.7. The molecule has 20 heavy (non-hydrogen) atoms. The Morgan fingerprint density at radius 1 is 1.00 bits per heavy atom. The lowest BCUT2D eigenvalue weighted by Crippen LogP contribution is -2.07. The van der Waals surface area contributed by atoms with E-state index >= 15 is 0 Å². The molecule has 0 bridgehead atoms. The molecule has 0 N–H and O–H groups in total. The molecule has 0 aromatic heterocycles. The minimum atomic E-state index is -0.511. The molecule has 0 saturated carbocycles. The normalized spacial score (nSPS) is 9.10. The van der Waals surface area contributed by atoms with Gasteiger partial charge < -0.3 is 4.74 Å². The van der Waals surface area contributed by atoms with E-state index in [0.717, 1.165) is 0 Å². The van der Waals surface area contributed by atoms with E-state index in [1.165, 1.54) is 24.3 Å². The molecule has 5 nitrogen and oxygen atoms in total. The Morgan fingerprint density at radius 3 is 2.05 bits per heavy atom. The van der Waals surface area contributed by atoms with Gasteiger partial charge in [-0.15, -0.1) is 0 Å². The number of nitro groups is 1. The molecular weight excluding hydrogens is 258 g/mol. The molecular formula is C15H15NO4. The van der Waals surface area contributed by atoms with Crippen molar-refractivity contribution in [3.05, 3.63) is 70.3 Å². The summed E-state index contributed by atoms with van der Waals surface area (Å²) in [6.07, 6.45) is 0. The Labute approximate surface area is 117 Å². The lowest BCUT2D eigenvalue weighted by molar-refractivity contribution is -0.384. The summed E-state index contributed by atoms with van der Waals surface area (Å²) >= 11 is 0. The van der Waals surface area contributed by atoms with Crippen LogP contribution in [0.4, 0.5) is 5.69 Å². The Morgan fingerprint density at radius 2 is 1.55 bits per heavy atom. The summed E-state index contributed by atoms with van der Waals surface area (Å²) in [5, 5.41) is 10.5. The van der Waals surface area contributed by atoms with Crippen molar-refractivity contribution >= 4 is 11.7 Å². The quantitative estimate of drug-likeness (QED) is 0.369. The van der Waals surface area contributed by atoms with Crippen molar-refractivity contribution in [3.8, 4) is 5.75 Å². The number of nitro benzene ring substituents is 1. The summed E-state index contributed by atoms with van der Waals surface area (Å²) in [5.41, 5.74) is 0.380. The molecule has 5 heteroatoms. The van der Waals surface area contributed by atoms with E-state index in [4.69, 9.17) is 4.74 Å². The molecule has 0 radical (unpaired) electrons. The second-order valence-corrected chi connectivity index (χ2v) is 3.51. The van der Waals surface area contributed by atoms with Gasteiger partial charge in [-0.05, 0) is 24.3 Å². The first-order chi connectivity index (χ1) is 9.66. The van der Waals surface area contributed by atoms with Gasteiger partial charge in [0.05, 0.1) is 10.5 Å². The zero-order valence-corrected chi connectivity index (χ0v) is 11.3. The summed E-state index contributed by atoms with van der Waals surface area (Å²) in [4.78, 5) is 21.6. The number of nitrogens with zero attached hydrogens (tertiary/aromatic N) is 1. The van der Waals surface area contributed by atoms with Gasteiger partial charge in [0.15, 0.2) is 0 Å². The van der Waals surface area contributed by atoms with Gasteiger partial charge in [0.2, 0.25) is 0 Å². The topological polar surface area (TPSA) is 69.4 Å². The molecule has 104 valence electrons. The number of benzene rings is 2. The third-order valence-electron chi connectivity index (χ3n) is 2.27. The summed E-state index contributed by atoms with van der Waals surface area (Å²) in [5.74, 6) is -0.223. The van der Waals surface area contributed by atoms with Gasteiger partial charge in [-0.3, -0.25) is 10.1 Å². The maximum absolute atomic E-state index is 11.7. The average molecular weight is 273 g/mol. The number of hydrogen-bond acceptors (Lipinski definition) is 4. The summed E-state index contributed by atoms with van der Waals surface area (Å²) < 4.78 is 5.07. The molecule has 0 unspecified atom stereocenters. The van der Waals surface area contributed by atoms with Crippen LogP contribution in [-0.2, 0) is 0 Å². The zero-order chi connectivity index (χ0) is 15.0. The highest BCUT2D eigenvalue weighted by atomic mass is 16.6. The van der Waals surface area contributed by atoms with Crippen LogP contribution in [0.5, 0.6) is 5.75 Å². The largest absolute Gasteiger partial charge is 0.423 e. The lowest BCUT2D eigenvalue weighted by atomic mass is 10.2. The van der Waals surface area contributed by atoms with Crippen molar-refractivity contribution in [1.82, 2.24) is 0 Å². The molecule has 0 saturated heterocycles. The Bertz CT molecular complexity index is 564. The van der Waals surface area contributed by atoms with E-state index in [2.05, 4.69) is 0 Å². The van der Waals surface area contributed by atoms with Gasteiger partial charge in [-0.25, -0.2) is 4.79 Å². The van der Waals surface area contributed by atoms with Crippen LogP contribution in [-0.4, -0.2) is 10.9 Å². The number of hydrogen-bond donors (Lipinski definition) is 0. The van der Waals surface area contributed by atoms with Gasteiger partial charge >= 0.3 is 5.97 Å². The zero-order valence-electron chi connectivity index (χ0n) is 11.3. The fourth-order valence-electron chi connectivity index (χ4n) is 1.38. The average Bonchev–Trinajstić information content (AvgIpc) is 2.50. The predicted octanol–water partition coefficient (Wildman–Crippen LogP) is 3.84. The van der Waals surface area contributed by atoms with Crippen molar-refractivity contribution < 1.29 is 14.5 Å². The number of ether oxygens (including phenoxy) is 1. The van der Waals surface area contributed by atoms with E-state index in [1.54, 1.807) is 30.3 Å². The molecule has 0 aliphatic heterocycles. The molecule has 0 aliphatic carbocycles. The van der Waals surface area contributed by atoms with Crippen molar-refractivity contribution in [2.75, 3.05) is 0 Å². The van der Waals surface area contributed by atoms with Crippen molar-refractivity contribution in [2.24, 2.45) is 0 Å². The highest BCUT2D eigenvalue weighted by molar-refractivity contribution is 5.90. The van der Waals surface area contributed by atoms with Gasteiger partial charge in [-0.2, -0.15) is 0 Å². The standard InChI is InChI=1S/C13H9NO4.C2H6/c15-13(10-4-2-1-3-5-10)18-12-8-6-11(7-9-12)14(16)17;1-2/h1-9H;1-2H3. The third-order valence-corrected chi connectivity index (χ3v) is 2.27. The molecule has 2 aromatic carbocycles. The SMILES string of the molecule is CC.O=C(Oc1ccc([N+](=O)[O-])cc1)c1ccccc1. The summed E-state index contributed by atoms with van der Waals surface area (Å²) in [6.45, 7) is 4.00. The highest BCUT2D eigenvalue weighted by Crippen LogP contribution is 2.18.